The van der Waals surface area contributed by atoms with Crippen LogP contribution >= 0.6 is 23.6 Å². The molecule has 0 bridgehead atoms. The number of thiocarbonyl (C=S) groups is 1. The summed E-state index contributed by atoms with van der Waals surface area (Å²) in [5.41, 5.74) is 9.10. The number of carbonyl (C=O) groups excluding carboxylic acids is 4. The average molecular weight is 696 g/mol. The van der Waals surface area contributed by atoms with Crippen LogP contribution in [0, 0.1) is 0 Å². The van der Waals surface area contributed by atoms with Gasteiger partial charge in [0.2, 0.25) is 17.7 Å². The van der Waals surface area contributed by atoms with Crippen molar-refractivity contribution in [3.8, 4) is 22.8 Å². The minimum atomic E-state index is -0.621. The average Bonchev–Trinajstić information content (AvgIpc) is 3.94. The van der Waals surface area contributed by atoms with Crippen molar-refractivity contribution in [1.29, 1.82) is 0 Å². The van der Waals surface area contributed by atoms with Crippen molar-refractivity contribution in [3.63, 3.8) is 0 Å². The van der Waals surface area contributed by atoms with Gasteiger partial charge in [0, 0.05) is 35.6 Å². The first-order valence-corrected chi connectivity index (χ1v) is 17.3. The zero-order valence-electron chi connectivity index (χ0n) is 26.4. The van der Waals surface area contributed by atoms with Crippen molar-refractivity contribution in [2.45, 2.75) is 50.6 Å². The molecular formula is C35H33N7O5S2. The summed E-state index contributed by atoms with van der Waals surface area (Å²) < 4.78 is 6.03. The number of thiazole rings is 1. The highest BCUT2D eigenvalue weighted by molar-refractivity contribution is 7.81. The fraction of sp³-hybridized carbons (Fsp3) is 0.286. The summed E-state index contributed by atoms with van der Waals surface area (Å²) in [5.74, 6) is -0.263. The smallest absolute Gasteiger partial charge is 0.283 e. The van der Waals surface area contributed by atoms with E-state index < -0.39 is 18.0 Å². The van der Waals surface area contributed by atoms with Gasteiger partial charge in [-0.1, -0.05) is 18.3 Å². The van der Waals surface area contributed by atoms with Gasteiger partial charge in [-0.2, -0.15) is 0 Å². The van der Waals surface area contributed by atoms with Crippen molar-refractivity contribution in [1.82, 2.24) is 19.8 Å². The van der Waals surface area contributed by atoms with Gasteiger partial charge in [0.1, 0.15) is 12.1 Å². The van der Waals surface area contributed by atoms with E-state index in [1.807, 2.05) is 30.3 Å². The van der Waals surface area contributed by atoms with Crippen LogP contribution in [0.4, 0.5) is 11.4 Å². The van der Waals surface area contributed by atoms with Crippen LogP contribution in [0.1, 0.15) is 52.5 Å². The molecule has 4 aromatic rings. The number of nitrogens with zero attached hydrogens (tertiary/aromatic N) is 4. The second-order valence-corrected chi connectivity index (χ2v) is 13.6. The number of amides is 4. The molecule has 1 aliphatic carbocycles. The molecule has 3 aliphatic rings. The Hall–Kier alpha value is -5.21. The number of hydrogen-bond acceptors (Lipinski definition) is 9. The highest BCUT2D eigenvalue weighted by Crippen LogP contribution is 2.31. The van der Waals surface area contributed by atoms with Crippen molar-refractivity contribution in [2.75, 3.05) is 23.7 Å². The Morgan fingerprint density at radius 1 is 0.878 bits per heavy atom. The fourth-order valence-electron chi connectivity index (χ4n) is 6.41. The number of nitrogens with two attached hydrogens (primary N) is 1. The molecule has 2 fully saturated rings. The van der Waals surface area contributed by atoms with Crippen LogP contribution in [0.15, 0.2) is 65.2 Å². The molecule has 2 unspecified atom stereocenters. The van der Waals surface area contributed by atoms with Gasteiger partial charge in [-0.15, -0.1) is 11.3 Å². The van der Waals surface area contributed by atoms with Crippen molar-refractivity contribution >= 4 is 69.6 Å². The van der Waals surface area contributed by atoms with Gasteiger partial charge >= 0.3 is 0 Å². The van der Waals surface area contributed by atoms with E-state index in [-0.39, 0.29) is 22.7 Å². The van der Waals surface area contributed by atoms with Crippen LogP contribution in [0.2, 0.25) is 0 Å². The molecule has 4 amide bonds. The Kier molecular flexibility index (Phi) is 9.06. The highest BCUT2D eigenvalue weighted by Gasteiger charge is 2.37. The minimum absolute atomic E-state index is 0.193. The number of hydrogen-bond donors (Lipinski definition) is 3. The number of allylic oxidation sites excluding steroid dienone is 1. The van der Waals surface area contributed by atoms with Crippen LogP contribution in [0.3, 0.4) is 0 Å². The number of likely N-dealkylation sites (tertiary alicyclic amines) is 2. The summed E-state index contributed by atoms with van der Waals surface area (Å²) in [6.45, 7) is 0.958. The summed E-state index contributed by atoms with van der Waals surface area (Å²) in [5, 5.41) is 6.25. The molecular weight excluding hydrogens is 663 g/mol. The molecule has 0 radical (unpaired) electrons. The van der Waals surface area contributed by atoms with Crippen LogP contribution in [0.25, 0.3) is 28.9 Å². The third kappa shape index (κ3) is 6.74. The van der Waals surface area contributed by atoms with E-state index in [1.54, 1.807) is 35.4 Å². The minimum Gasteiger partial charge on any atom is -0.436 e. The molecule has 0 saturated carbocycles. The number of carbonyl (C=O) groups is 4. The number of aromatic nitrogens is 2. The third-order valence-electron chi connectivity index (χ3n) is 8.91. The van der Waals surface area contributed by atoms with E-state index in [1.165, 1.54) is 16.2 Å². The number of benzene rings is 2. The highest BCUT2D eigenvalue weighted by atomic mass is 32.1. The quantitative estimate of drug-likeness (QED) is 0.229. The molecule has 0 spiro atoms. The zero-order valence-corrected chi connectivity index (χ0v) is 28.0. The molecule has 2 aromatic carbocycles. The summed E-state index contributed by atoms with van der Waals surface area (Å²) in [6, 6.07) is 13.1. The maximum atomic E-state index is 13.3. The number of oxazole rings is 1. The molecule has 14 heteroatoms. The van der Waals surface area contributed by atoms with Crippen LogP contribution in [0.5, 0.6) is 0 Å². The number of fused-ring (bicyclic) bond motifs is 1. The predicted molar refractivity (Wildman–Crippen MR) is 190 cm³/mol. The monoisotopic (exact) mass is 695 g/mol. The molecule has 2 atom stereocenters. The standard InChI is InChI=1S/C35H33N7O5S2/c36-29(48)34(45)41-17-3-6-25(41)30(43)38-22-13-9-20(10-14-22)27-19-37-32(47-27)21-11-15-23(16-12-21)39-31(44)26-7-4-18-42(26)35(46)33-40-24-5-1-2-8-28(24)49-33/h2,8-16,19,25-26H,1,3-7,17-18H2,(H2,36,48)(H,38,43)(H,39,44). The molecule has 2 aliphatic heterocycles. The lowest BCUT2D eigenvalue weighted by Gasteiger charge is -2.23. The Bertz CT molecular complexity index is 1970. The van der Waals surface area contributed by atoms with E-state index in [4.69, 9.17) is 22.4 Å². The van der Waals surface area contributed by atoms with Gasteiger partial charge in [-0.3, -0.25) is 19.2 Å². The first-order chi connectivity index (χ1) is 23.7. The van der Waals surface area contributed by atoms with Gasteiger partial charge in [0.15, 0.2) is 15.8 Å². The maximum absolute atomic E-state index is 13.3. The van der Waals surface area contributed by atoms with Crippen molar-refractivity contribution in [2.24, 2.45) is 5.73 Å². The van der Waals surface area contributed by atoms with Crippen LogP contribution in [-0.4, -0.2) is 73.6 Å². The summed E-state index contributed by atoms with van der Waals surface area (Å²) in [6.07, 6.45) is 10.1. The molecule has 2 aromatic heterocycles. The van der Waals surface area contributed by atoms with Crippen molar-refractivity contribution in [3.05, 3.63) is 76.4 Å². The molecule has 12 nitrogen and oxygen atoms in total. The number of rotatable bonds is 7. The van der Waals surface area contributed by atoms with Gasteiger partial charge in [0.05, 0.1) is 16.8 Å². The topological polar surface area (TPSA) is 164 Å². The normalized spacial score (nSPS) is 18.3. The molecule has 4 N–H and O–H groups in total. The Morgan fingerprint density at radius 3 is 2.12 bits per heavy atom. The SMILES string of the molecule is NC(=S)C(=O)N1CCCC1C(=O)Nc1ccc(-c2cnc(-c3ccc(NC(=O)C4CCCN4C(=O)c4nc5c(s4)C=CCC5)cc3)o2)cc1. The van der Waals surface area contributed by atoms with Gasteiger partial charge in [0.25, 0.3) is 11.8 Å². The fourth-order valence-corrected chi connectivity index (χ4v) is 7.53. The lowest BCUT2D eigenvalue weighted by Crippen LogP contribution is -2.47. The van der Waals surface area contributed by atoms with E-state index in [9.17, 15) is 19.2 Å². The summed E-state index contributed by atoms with van der Waals surface area (Å²) in [4.78, 5) is 64.6. The van der Waals surface area contributed by atoms with Gasteiger partial charge in [-0.05, 0) is 93.1 Å². The Morgan fingerprint density at radius 2 is 1.49 bits per heavy atom. The second-order valence-electron chi connectivity index (χ2n) is 12.1. The van der Waals surface area contributed by atoms with E-state index in [2.05, 4.69) is 26.7 Å². The molecule has 7 rings (SSSR count). The number of anilines is 2. The number of aryl methyl sites for hydroxylation is 1. The third-order valence-corrected chi connectivity index (χ3v) is 10.1. The second kappa shape index (κ2) is 13.7. The number of nitrogens with one attached hydrogen (secondary N) is 2. The first kappa shape index (κ1) is 32.3. The largest absolute Gasteiger partial charge is 0.436 e. The van der Waals surface area contributed by atoms with Crippen molar-refractivity contribution < 1.29 is 23.6 Å². The maximum Gasteiger partial charge on any atom is 0.283 e. The van der Waals surface area contributed by atoms with E-state index in [0.717, 1.165) is 41.0 Å². The summed E-state index contributed by atoms with van der Waals surface area (Å²) >= 11 is 6.19. The summed E-state index contributed by atoms with van der Waals surface area (Å²) in [7, 11) is 0. The first-order valence-electron chi connectivity index (χ1n) is 16.1. The Balaban J connectivity index is 0.954. The molecule has 250 valence electrons. The van der Waals surface area contributed by atoms with Gasteiger partial charge < -0.3 is 30.6 Å². The lowest BCUT2D eigenvalue weighted by molar-refractivity contribution is -0.131. The van der Waals surface area contributed by atoms with Crippen LogP contribution in [-0.2, 0) is 20.8 Å². The van der Waals surface area contributed by atoms with E-state index >= 15 is 0 Å². The predicted octanol–water partition coefficient (Wildman–Crippen LogP) is 4.88. The van der Waals surface area contributed by atoms with Gasteiger partial charge in [-0.25, -0.2) is 9.97 Å². The Labute approximate surface area is 291 Å². The van der Waals surface area contributed by atoms with E-state index in [0.29, 0.717) is 60.4 Å². The zero-order chi connectivity index (χ0) is 34.1. The molecule has 2 saturated heterocycles. The molecule has 4 heterocycles. The van der Waals surface area contributed by atoms with Crippen LogP contribution < -0.4 is 16.4 Å². The molecule has 49 heavy (non-hydrogen) atoms. The lowest BCUT2D eigenvalue weighted by atomic mass is 10.1.